The van der Waals surface area contributed by atoms with Gasteiger partial charge < -0.3 is 10.1 Å². The van der Waals surface area contributed by atoms with Gasteiger partial charge in [-0.2, -0.15) is 4.31 Å². The fraction of sp³-hybridized carbons (Fsp3) is 0.208. The predicted molar refractivity (Wildman–Crippen MR) is 126 cm³/mol. The topological polar surface area (TPSA) is 75.7 Å². The van der Waals surface area contributed by atoms with Gasteiger partial charge in [0.15, 0.2) is 0 Å². The lowest BCUT2D eigenvalue weighted by molar-refractivity contribution is -0.115. The van der Waals surface area contributed by atoms with E-state index >= 15 is 0 Å². The van der Waals surface area contributed by atoms with E-state index in [2.05, 4.69) is 5.32 Å². The number of hydrogen-bond acceptors (Lipinski definition) is 5. The van der Waals surface area contributed by atoms with Crippen LogP contribution in [0.25, 0.3) is 0 Å². The molecular weight excluding hydrogens is 444 g/mol. The van der Waals surface area contributed by atoms with Gasteiger partial charge in [0.25, 0.3) is 0 Å². The van der Waals surface area contributed by atoms with Crippen LogP contribution in [0.2, 0.25) is 0 Å². The zero-order valence-corrected chi connectivity index (χ0v) is 19.0. The van der Waals surface area contributed by atoms with Gasteiger partial charge >= 0.3 is 0 Å². The summed E-state index contributed by atoms with van der Waals surface area (Å²) in [5.74, 6) is -0.217. The van der Waals surface area contributed by atoms with Crippen molar-refractivity contribution in [2.75, 3.05) is 31.6 Å². The quantitative estimate of drug-likeness (QED) is 0.527. The normalized spacial score (nSPS) is 15.8. The second-order valence-corrected chi connectivity index (χ2v) is 10.4. The Morgan fingerprint density at radius 1 is 0.906 bits per heavy atom. The van der Waals surface area contributed by atoms with Crippen LogP contribution in [0.4, 0.5) is 5.69 Å². The standard InChI is InChI=1S/C24H24N2O4S2/c27-24(23(19-8-3-1-4-9-19)31-21-11-5-2-6-12-21)25-20-10-7-13-22(18-20)32(28,29)26-14-16-30-17-15-26/h1-13,18,23H,14-17H2,(H,25,27)/t23-/m1/s1. The highest BCUT2D eigenvalue weighted by atomic mass is 32.2. The first-order valence-electron chi connectivity index (χ1n) is 10.3. The minimum Gasteiger partial charge on any atom is -0.379 e. The highest BCUT2D eigenvalue weighted by Gasteiger charge is 2.27. The molecule has 1 N–H and O–H groups in total. The Balaban J connectivity index is 1.56. The lowest BCUT2D eigenvalue weighted by Gasteiger charge is -2.26. The summed E-state index contributed by atoms with van der Waals surface area (Å²) in [6.07, 6.45) is 0. The predicted octanol–water partition coefficient (Wildman–Crippen LogP) is 4.18. The molecule has 1 aliphatic heterocycles. The number of carbonyl (C=O) groups excluding carboxylic acids is 1. The summed E-state index contributed by atoms with van der Waals surface area (Å²) in [5.41, 5.74) is 1.31. The van der Waals surface area contributed by atoms with Gasteiger partial charge in [-0.25, -0.2) is 8.42 Å². The first-order chi connectivity index (χ1) is 15.5. The Hall–Kier alpha value is -2.65. The Morgan fingerprint density at radius 3 is 2.25 bits per heavy atom. The lowest BCUT2D eigenvalue weighted by atomic mass is 10.1. The Bertz CT molecular complexity index is 1150. The summed E-state index contributed by atoms with van der Waals surface area (Å²) in [6.45, 7) is 1.40. The Morgan fingerprint density at radius 2 is 1.56 bits per heavy atom. The molecule has 1 heterocycles. The van der Waals surface area contributed by atoms with Crippen LogP contribution in [-0.4, -0.2) is 44.9 Å². The second-order valence-electron chi connectivity index (χ2n) is 7.26. The number of anilines is 1. The van der Waals surface area contributed by atoms with Gasteiger partial charge in [-0.05, 0) is 35.9 Å². The number of rotatable bonds is 7. The molecule has 0 saturated carbocycles. The smallest absolute Gasteiger partial charge is 0.243 e. The van der Waals surface area contributed by atoms with E-state index in [1.165, 1.54) is 22.1 Å². The molecule has 32 heavy (non-hydrogen) atoms. The van der Waals surface area contributed by atoms with Gasteiger partial charge in [0.1, 0.15) is 5.25 Å². The first-order valence-corrected chi connectivity index (χ1v) is 12.6. The third-order valence-corrected chi connectivity index (χ3v) is 8.21. The molecule has 1 amide bonds. The van der Waals surface area contributed by atoms with Crippen LogP contribution in [0.15, 0.2) is 94.7 Å². The second kappa shape index (κ2) is 10.3. The fourth-order valence-corrected chi connectivity index (χ4v) is 5.91. The molecule has 3 aromatic carbocycles. The van der Waals surface area contributed by atoms with E-state index < -0.39 is 15.3 Å². The number of benzene rings is 3. The van der Waals surface area contributed by atoms with Crippen molar-refractivity contribution in [2.24, 2.45) is 0 Å². The molecule has 0 aromatic heterocycles. The molecule has 3 aromatic rings. The first kappa shape index (κ1) is 22.5. The summed E-state index contributed by atoms with van der Waals surface area (Å²) >= 11 is 1.45. The van der Waals surface area contributed by atoms with Gasteiger partial charge in [-0.3, -0.25) is 4.79 Å². The number of carbonyl (C=O) groups is 1. The molecule has 0 aliphatic carbocycles. The molecule has 1 saturated heterocycles. The molecule has 0 radical (unpaired) electrons. The summed E-state index contributed by atoms with van der Waals surface area (Å²) in [6, 6.07) is 25.7. The van der Waals surface area contributed by atoms with Crippen molar-refractivity contribution in [2.45, 2.75) is 15.0 Å². The zero-order chi connectivity index (χ0) is 22.4. The Kier molecular flexibility index (Phi) is 7.26. The van der Waals surface area contributed by atoms with Crippen molar-refractivity contribution in [1.82, 2.24) is 4.31 Å². The highest BCUT2D eigenvalue weighted by Crippen LogP contribution is 2.36. The van der Waals surface area contributed by atoms with Crippen molar-refractivity contribution in [3.05, 3.63) is 90.5 Å². The summed E-state index contributed by atoms with van der Waals surface area (Å²) in [7, 11) is -3.64. The third kappa shape index (κ3) is 5.39. The minimum absolute atomic E-state index is 0.157. The van der Waals surface area contributed by atoms with E-state index in [1.54, 1.807) is 18.2 Å². The molecule has 4 rings (SSSR count). The number of morpholine rings is 1. The van der Waals surface area contributed by atoms with Crippen LogP contribution in [0.3, 0.4) is 0 Å². The van der Waals surface area contributed by atoms with Gasteiger partial charge in [0, 0.05) is 23.7 Å². The average Bonchev–Trinajstić information content (AvgIpc) is 2.84. The average molecular weight is 469 g/mol. The van der Waals surface area contributed by atoms with Crippen LogP contribution in [0, 0.1) is 0 Å². The van der Waals surface area contributed by atoms with Crippen LogP contribution in [0.1, 0.15) is 10.8 Å². The van der Waals surface area contributed by atoms with Gasteiger partial charge in [0.05, 0.1) is 18.1 Å². The number of thioether (sulfide) groups is 1. The van der Waals surface area contributed by atoms with E-state index in [4.69, 9.17) is 4.74 Å². The monoisotopic (exact) mass is 468 g/mol. The van der Waals surface area contributed by atoms with Crippen LogP contribution in [0.5, 0.6) is 0 Å². The summed E-state index contributed by atoms with van der Waals surface area (Å²) < 4.78 is 32.6. The molecule has 8 heteroatoms. The molecule has 1 fully saturated rings. The van der Waals surface area contributed by atoms with Crippen LogP contribution >= 0.6 is 11.8 Å². The molecule has 1 aliphatic rings. The molecule has 0 unspecified atom stereocenters. The number of hydrogen-bond donors (Lipinski definition) is 1. The van der Waals surface area contributed by atoms with Crippen LogP contribution in [-0.2, 0) is 19.6 Å². The van der Waals surface area contributed by atoms with E-state index in [1.807, 2.05) is 60.7 Å². The minimum atomic E-state index is -3.64. The van der Waals surface area contributed by atoms with E-state index in [0.717, 1.165) is 10.5 Å². The largest absolute Gasteiger partial charge is 0.379 e. The summed E-state index contributed by atoms with van der Waals surface area (Å²) in [5, 5.41) is 2.42. The van der Waals surface area contributed by atoms with Gasteiger partial charge in [-0.1, -0.05) is 54.6 Å². The molecule has 166 valence electrons. The molecular formula is C24H24N2O4S2. The van der Waals surface area contributed by atoms with E-state index in [0.29, 0.717) is 32.0 Å². The van der Waals surface area contributed by atoms with Gasteiger partial charge in [0.2, 0.25) is 15.9 Å². The highest BCUT2D eigenvalue weighted by molar-refractivity contribution is 8.00. The molecule has 0 spiro atoms. The summed E-state index contributed by atoms with van der Waals surface area (Å²) in [4.78, 5) is 14.4. The van der Waals surface area contributed by atoms with Crippen molar-refractivity contribution >= 4 is 33.4 Å². The number of ether oxygens (including phenoxy) is 1. The number of amides is 1. The number of sulfonamides is 1. The van der Waals surface area contributed by atoms with Crippen LogP contribution < -0.4 is 5.32 Å². The maximum absolute atomic E-state index is 13.3. The number of nitrogens with one attached hydrogen (secondary N) is 1. The van der Waals surface area contributed by atoms with Crippen molar-refractivity contribution < 1.29 is 17.9 Å². The molecule has 0 bridgehead atoms. The lowest BCUT2D eigenvalue weighted by Crippen LogP contribution is -2.40. The van der Waals surface area contributed by atoms with E-state index in [9.17, 15) is 13.2 Å². The number of nitrogens with zero attached hydrogens (tertiary/aromatic N) is 1. The maximum Gasteiger partial charge on any atom is 0.243 e. The molecule has 6 nitrogen and oxygen atoms in total. The van der Waals surface area contributed by atoms with Gasteiger partial charge in [-0.15, -0.1) is 11.8 Å². The van der Waals surface area contributed by atoms with Crippen molar-refractivity contribution in [3.8, 4) is 0 Å². The molecule has 1 atom stereocenters. The third-order valence-electron chi connectivity index (χ3n) is 5.05. The zero-order valence-electron chi connectivity index (χ0n) is 17.4. The SMILES string of the molecule is O=C(Nc1cccc(S(=O)(=O)N2CCOCC2)c1)[C@H](Sc1ccccc1)c1ccccc1. The fourth-order valence-electron chi connectivity index (χ4n) is 3.41. The van der Waals surface area contributed by atoms with E-state index in [-0.39, 0.29) is 10.8 Å². The maximum atomic E-state index is 13.3. The van der Waals surface area contributed by atoms with Crippen molar-refractivity contribution in [1.29, 1.82) is 0 Å². The Labute approximate surface area is 192 Å². The van der Waals surface area contributed by atoms with Crippen molar-refractivity contribution in [3.63, 3.8) is 0 Å².